The first-order valence-electron chi connectivity index (χ1n) is 5.87. The first-order chi connectivity index (χ1) is 7.75. The summed E-state index contributed by atoms with van der Waals surface area (Å²) < 4.78 is 3.57. The molecule has 0 bridgehead atoms. The smallest absolute Gasteiger partial charge is 0.164 e. The van der Waals surface area contributed by atoms with Crippen LogP contribution in [0.15, 0.2) is 29.0 Å². The molecule has 2 aromatic rings. The van der Waals surface area contributed by atoms with Crippen LogP contribution in [0.3, 0.4) is 0 Å². The van der Waals surface area contributed by atoms with Crippen LogP contribution in [0.4, 0.5) is 0 Å². The van der Waals surface area contributed by atoms with Crippen molar-refractivity contribution in [2.24, 2.45) is 0 Å². The standard InChI is InChI=1S/C13H19BrN2Si/c1-13(2,3)17(4,5)16-11(14)9-10-7-6-8-15-12(10)16/h6-9H,1-5H3. The van der Waals surface area contributed by atoms with Crippen LogP contribution in [0.5, 0.6) is 0 Å². The average Bonchev–Trinajstić information content (AvgIpc) is 2.51. The molecule has 4 heteroatoms. The van der Waals surface area contributed by atoms with Gasteiger partial charge in [-0.25, -0.2) is 4.98 Å². The second kappa shape index (κ2) is 3.95. The molecule has 0 atom stereocenters. The Morgan fingerprint density at radius 2 is 1.94 bits per heavy atom. The van der Waals surface area contributed by atoms with E-state index in [1.807, 2.05) is 12.3 Å². The van der Waals surface area contributed by atoms with E-state index in [4.69, 9.17) is 0 Å². The molecule has 2 nitrogen and oxygen atoms in total. The largest absolute Gasteiger partial charge is 0.348 e. The second-order valence-electron chi connectivity index (χ2n) is 6.03. The monoisotopic (exact) mass is 310 g/mol. The Balaban J connectivity index is 2.75. The fourth-order valence-corrected chi connectivity index (χ4v) is 5.60. The van der Waals surface area contributed by atoms with Gasteiger partial charge >= 0.3 is 0 Å². The van der Waals surface area contributed by atoms with Crippen LogP contribution in [-0.4, -0.2) is 17.5 Å². The van der Waals surface area contributed by atoms with E-state index in [9.17, 15) is 0 Å². The maximum atomic E-state index is 4.55. The topological polar surface area (TPSA) is 17.8 Å². The van der Waals surface area contributed by atoms with Gasteiger partial charge in [-0.1, -0.05) is 33.9 Å². The lowest BCUT2D eigenvalue weighted by molar-refractivity contribution is 0.700. The van der Waals surface area contributed by atoms with Gasteiger partial charge in [-0.05, 0) is 39.2 Å². The Labute approximate surface area is 112 Å². The molecule has 0 spiro atoms. The van der Waals surface area contributed by atoms with Crippen molar-refractivity contribution in [3.8, 4) is 0 Å². The summed E-state index contributed by atoms with van der Waals surface area (Å²) >= 11 is 3.70. The maximum Gasteiger partial charge on any atom is 0.164 e. The van der Waals surface area contributed by atoms with Crippen molar-refractivity contribution in [3.63, 3.8) is 0 Å². The predicted octanol–water partition coefficient (Wildman–Crippen LogP) is 4.65. The summed E-state index contributed by atoms with van der Waals surface area (Å²) in [6, 6.07) is 6.28. The van der Waals surface area contributed by atoms with E-state index >= 15 is 0 Å². The lowest BCUT2D eigenvalue weighted by Gasteiger charge is -2.38. The number of pyridine rings is 1. The molecule has 0 saturated carbocycles. The molecule has 2 aromatic heterocycles. The molecule has 2 heterocycles. The zero-order chi connectivity index (χ0) is 12.8. The van der Waals surface area contributed by atoms with Gasteiger partial charge in [-0.2, -0.15) is 0 Å². The minimum atomic E-state index is -1.63. The molecule has 17 heavy (non-hydrogen) atoms. The summed E-state index contributed by atoms with van der Waals surface area (Å²) in [5.41, 5.74) is 1.10. The van der Waals surface area contributed by atoms with Crippen LogP contribution in [0.25, 0.3) is 11.0 Å². The minimum Gasteiger partial charge on any atom is -0.348 e. The molecule has 0 fully saturated rings. The Hall–Kier alpha value is -0.613. The van der Waals surface area contributed by atoms with Crippen molar-refractivity contribution in [3.05, 3.63) is 29.0 Å². The van der Waals surface area contributed by atoms with E-state index < -0.39 is 8.24 Å². The Bertz CT molecular complexity index is 552. The van der Waals surface area contributed by atoms with Gasteiger partial charge in [0.1, 0.15) is 5.65 Å². The van der Waals surface area contributed by atoms with Crippen LogP contribution in [0.2, 0.25) is 18.1 Å². The Morgan fingerprint density at radius 3 is 2.53 bits per heavy atom. The molecule has 0 aliphatic rings. The molecular weight excluding hydrogens is 292 g/mol. The minimum absolute atomic E-state index is 0.291. The lowest BCUT2D eigenvalue weighted by atomic mass is 10.2. The summed E-state index contributed by atoms with van der Waals surface area (Å²) in [7, 11) is -1.63. The van der Waals surface area contributed by atoms with Gasteiger partial charge in [0.15, 0.2) is 8.24 Å². The van der Waals surface area contributed by atoms with Crippen molar-refractivity contribution >= 4 is 35.2 Å². The molecule has 0 aromatic carbocycles. The normalized spacial score (nSPS) is 13.3. The van der Waals surface area contributed by atoms with Gasteiger partial charge in [0, 0.05) is 11.6 Å². The molecule has 0 radical (unpaired) electrons. The summed E-state index contributed by atoms with van der Waals surface area (Å²) in [6.07, 6.45) is 1.87. The van der Waals surface area contributed by atoms with E-state index in [0.29, 0.717) is 5.04 Å². The first kappa shape index (κ1) is 12.8. The third kappa shape index (κ3) is 1.97. The lowest BCUT2D eigenvalue weighted by Crippen LogP contribution is -2.45. The van der Waals surface area contributed by atoms with Crippen molar-refractivity contribution in [1.29, 1.82) is 0 Å². The second-order valence-corrected chi connectivity index (χ2v) is 11.9. The van der Waals surface area contributed by atoms with Gasteiger partial charge in [-0.3, -0.25) is 0 Å². The number of hydrogen-bond donors (Lipinski definition) is 0. The third-order valence-corrected chi connectivity index (χ3v) is 10.1. The maximum absolute atomic E-state index is 4.55. The van der Waals surface area contributed by atoms with Crippen LogP contribution in [0, 0.1) is 0 Å². The fourth-order valence-electron chi connectivity index (χ4n) is 1.87. The van der Waals surface area contributed by atoms with Crippen molar-refractivity contribution < 1.29 is 0 Å². The molecule has 0 aliphatic carbocycles. The zero-order valence-electron chi connectivity index (χ0n) is 11.1. The van der Waals surface area contributed by atoms with Gasteiger partial charge in [0.05, 0.1) is 4.60 Å². The highest BCUT2D eigenvalue weighted by Crippen LogP contribution is 2.40. The Morgan fingerprint density at radius 1 is 1.29 bits per heavy atom. The third-order valence-electron chi connectivity index (χ3n) is 3.91. The van der Waals surface area contributed by atoms with Crippen LogP contribution in [0.1, 0.15) is 20.8 Å². The highest BCUT2D eigenvalue weighted by molar-refractivity contribution is 9.10. The molecule has 0 aliphatic heterocycles. The molecule has 0 unspecified atom stereocenters. The van der Waals surface area contributed by atoms with E-state index in [-0.39, 0.29) is 0 Å². The van der Waals surface area contributed by atoms with Crippen molar-refractivity contribution in [2.75, 3.05) is 0 Å². The van der Waals surface area contributed by atoms with Crippen molar-refractivity contribution in [1.82, 2.24) is 9.22 Å². The summed E-state index contributed by atoms with van der Waals surface area (Å²) in [4.78, 5) is 4.55. The molecule has 2 rings (SSSR count). The number of rotatable bonds is 1. The van der Waals surface area contributed by atoms with Crippen LogP contribution >= 0.6 is 15.9 Å². The summed E-state index contributed by atoms with van der Waals surface area (Å²) in [5, 5.41) is 1.50. The highest BCUT2D eigenvalue weighted by atomic mass is 79.9. The molecule has 0 saturated heterocycles. The van der Waals surface area contributed by atoms with Gasteiger partial charge in [0.25, 0.3) is 0 Å². The zero-order valence-corrected chi connectivity index (χ0v) is 13.7. The van der Waals surface area contributed by atoms with Gasteiger partial charge in [-0.15, -0.1) is 0 Å². The molecule has 0 amide bonds. The SMILES string of the molecule is CC(C)(C)[Si](C)(C)n1c(Br)cc2cccnc21. The number of aromatic nitrogens is 2. The van der Waals surface area contributed by atoms with Crippen LogP contribution in [-0.2, 0) is 0 Å². The van der Waals surface area contributed by atoms with Gasteiger partial charge in [0.2, 0.25) is 0 Å². The number of halogens is 1. The first-order valence-corrected chi connectivity index (χ1v) is 9.61. The Kier molecular flexibility index (Phi) is 2.98. The average molecular weight is 311 g/mol. The summed E-state index contributed by atoms with van der Waals surface area (Å²) in [6.45, 7) is 11.7. The van der Waals surface area contributed by atoms with Gasteiger partial charge < -0.3 is 4.23 Å². The van der Waals surface area contributed by atoms with E-state index in [1.54, 1.807) is 0 Å². The summed E-state index contributed by atoms with van der Waals surface area (Å²) in [5.74, 6) is 0. The quantitative estimate of drug-likeness (QED) is 0.701. The number of fused-ring (bicyclic) bond motifs is 1. The van der Waals surface area contributed by atoms with E-state index in [1.165, 1.54) is 5.39 Å². The molecule has 92 valence electrons. The van der Waals surface area contributed by atoms with E-state index in [2.05, 4.69) is 71.1 Å². The van der Waals surface area contributed by atoms with Crippen molar-refractivity contribution in [2.45, 2.75) is 38.9 Å². The highest BCUT2D eigenvalue weighted by Gasteiger charge is 2.39. The number of nitrogens with zero attached hydrogens (tertiary/aromatic N) is 2. The fraction of sp³-hybridized carbons (Fsp3) is 0.462. The molecule has 0 N–H and O–H groups in total. The number of hydrogen-bond acceptors (Lipinski definition) is 1. The predicted molar refractivity (Wildman–Crippen MR) is 80.0 cm³/mol. The molecular formula is C13H19BrN2Si. The van der Waals surface area contributed by atoms with Crippen LogP contribution < -0.4 is 0 Å². The van der Waals surface area contributed by atoms with E-state index in [0.717, 1.165) is 10.3 Å².